The summed E-state index contributed by atoms with van der Waals surface area (Å²) < 4.78 is 5.60. The topological polar surface area (TPSA) is 35.2 Å². The van der Waals surface area contributed by atoms with Crippen molar-refractivity contribution in [2.24, 2.45) is 5.73 Å². The lowest BCUT2D eigenvalue weighted by Gasteiger charge is -2.12. The van der Waals surface area contributed by atoms with E-state index in [0.29, 0.717) is 22.4 Å². The van der Waals surface area contributed by atoms with Gasteiger partial charge >= 0.3 is 0 Å². The van der Waals surface area contributed by atoms with Crippen molar-refractivity contribution in [1.29, 1.82) is 0 Å². The summed E-state index contributed by atoms with van der Waals surface area (Å²) in [5.74, 6) is 0.684. The minimum Gasteiger partial charge on any atom is -0.492 e. The van der Waals surface area contributed by atoms with Gasteiger partial charge in [-0.05, 0) is 37.5 Å². The summed E-state index contributed by atoms with van der Waals surface area (Å²) in [5, 5.41) is 1.17. The van der Waals surface area contributed by atoms with Crippen molar-refractivity contribution < 1.29 is 4.74 Å². The first-order valence-electron chi connectivity index (χ1n) is 6.47. The van der Waals surface area contributed by atoms with Crippen molar-refractivity contribution in [2.45, 2.75) is 45.1 Å². The number of halogens is 2. The van der Waals surface area contributed by atoms with Crippen molar-refractivity contribution in [3.05, 3.63) is 28.2 Å². The second-order valence-electron chi connectivity index (χ2n) is 4.47. The zero-order valence-electron chi connectivity index (χ0n) is 10.8. The number of hydrogen-bond acceptors (Lipinski definition) is 2. The fraction of sp³-hybridized carbons (Fsp3) is 0.571. The largest absolute Gasteiger partial charge is 0.492 e. The second kappa shape index (κ2) is 8.63. The lowest BCUT2D eigenvalue weighted by atomic mass is 10.1. The Morgan fingerprint density at radius 2 is 1.94 bits per heavy atom. The van der Waals surface area contributed by atoms with Crippen LogP contribution < -0.4 is 10.5 Å². The van der Waals surface area contributed by atoms with Crippen LogP contribution in [0.1, 0.15) is 39.0 Å². The van der Waals surface area contributed by atoms with Gasteiger partial charge in [-0.3, -0.25) is 0 Å². The molecular formula is C14H21Cl2NO. The fourth-order valence-electron chi connectivity index (χ4n) is 1.73. The third-order valence-corrected chi connectivity index (χ3v) is 3.33. The van der Waals surface area contributed by atoms with Crippen LogP contribution in [0.2, 0.25) is 10.0 Å². The van der Waals surface area contributed by atoms with E-state index in [9.17, 15) is 0 Å². The Bertz CT molecular complexity index is 358. The van der Waals surface area contributed by atoms with Gasteiger partial charge in [-0.1, -0.05) is 43.0 Å². The molecule has 0 aliphatic heterocycles. The Hall–Kier alpha value is -0.440. The van der Waals surface area contributed by atoms with Crippen LogP contribution in [0.3, 0.4) is 0 Å². The van der Waals surface area contributed by atoms with Crippen molar-refractivity contribution in [3.8, 4) is 5.75 Å². The second-order valence-corrected chi connectivity index (χ2v) is 5.31. The van der Waals surface area contributed by atoms with E-state index < -0.39 is 0 Å². The molecule has 0 aliphatic carbocycles. The maximum Gasteiger partial charge on any atom is 0.137 e. The zero-order valence-corrected chi connectivity index (χ0v) is 12.3. The standard InChI is InChI=1S/C14H21Cl2NO/c1-2-3-5-12(17)6-4-9-18-14-8-7-11(15)10-13(14)16/h7-8,10,12H,2-6,9,17H2,1H3. The highest BCUT2D eigenvalue weighted by Crippen LogP contribution is 2.27. The summed E-state index contributed by atoms with van der Waals surface area (Å²) in [7, 11) is 0. The normalized spacial score (nSPS) is 12.4. The summed E-state index contributed by atoms with van der Waals surface area (Å²) in [4.78, 5) is 0. The van der Waals surface area contributed by atoms with Gasteiger partial charge in [-0.15, -0.1) is 0 Å². The third kappa shape index (κ3) is 5.94. The summed E-state index contributed by atoms with van der Waals surface area (Å²) in [5.41, 5.74) is 5.99. The monoisotopic (exact) mass is 289 g/mol. The molecule has 0 fully saturated rings. The molecule has 0 amide bonds. The van der Waals surface area contributed by atoms with Crippen LogP contribution in [-0.2, 0) is 0 Å². The van der Waals surface area contributed by atoms with Gasteiger partial charge in [-0.2, -0.15) is 0 Å². The fourth-order valence-corrected chi connectivity index (χ4v) is 2.19. The lowest BCUT2D eigenvalue weighted by Crippen LogP contribution is -2.20. The number of rotatable bonds is 8. The quantitative estimate of drug-likeness (QED) is 0.706. The van der Waals surface area contributed by atoms with Crippen LogP contribution in [0.5, 0.6) is 5.75 Å². The summed E-state index contributed by atoms with van der Waals surface area (Å²) in [6.45, 7) is 2.82. The van der Waals surface area contributed by atoms with E-state index in [1.807, 2.05) is 0 Å². The van der Waals surface area contributed by atoms with Crippen LogP contribution in [-0.4, -0.2) is 12.6 Å². The first-order valence-corrected chi connectivity index (χ1v) is 7.22. The predicted molar refractivity (Wildman–Crippen MR) is 78.7 cm³/mol. The number of nitrogens with two attached hydrogens (primary N) is 1. The van der Waals surface area contributed by atoms with Gasteiger partial charge in [0.05, 0.1) is 11.6 Å². The minimum atomic E-state index is 0.286. The van der Waals surface area contributed by atoms with Gasteiger partial charge in [0.15, 0.2) is 0 Å². The minimum absolute atomic E-state index is 0.286. The lowest BCUT2D eigenvalue weighted by molar-refractivity contribution is 0.299. The van der Waals surface area contributed by atoms with E-state index in [0.717, 1.165) is 19.3 Å². The van der Waals surface area contributed by atoms with Crippen LogP contribution in [0, 0.1) is 0 Å². The highest BCUT2D eigenvalue weighted by atomic mass is 35.5. The van der Waals surface area contributed by atoms with Gasteiger partial charge in [0.25, 0.3) is 0 Å². The Balaban J connectivity index is 2.21. The molecule has 0 heterocycles. The predicted octanol–water partition coefficient (Wildman–Crippen LogP) is 4.67. The average Bonchev–Trinajstić information content (AvgIpc) is 2.34. The molecule has 0 aliphatic rings. The number of hydrogen-bond donors (Lipinski definition) is 1. The summed E-state index contributed by atoms with van der Waals surface area (Å²) in [6.07, 6.45) is 5.43. The Labute approximate surface area is 119 Å². The molecular weight excluding hydrogens is 269 g/mol. The molecule has 1 aromatic rings. The number of benzene rings is 1. The first-order chi connectivity index (χ1) is 8.63. The molecule has 2 N–H and O–H groups in total. The van der Waals surface area contributed by atoms with E-state index in [4.69, 9.17) is 33.7 Å². The van der Waals surface area contributed by atoms with Gasteiger partial charge < -0.3 is 10.5 Å². The van der Waals surface area contributed by atoms with E-state index in [1.54, 1.807) is 18.2 Å². The maximum absolute atomic E-state index is 6.01. The molecule has 1 rings (SSSR count). The SMILES string of the molecule is CCCCC(N)CCCOc1ccc(Cl)cc1Cl. The molecule has 18 heavy (non-hydrogen) atoms. The molecule has 102 valence electrons. The van der Waals surface area contributed by atoms with Crippen LogP contribution in [0.4, 0.5) is 0 Å². The smallest absolute Gasteiger partial charge is 0.137 e. The van der Waals surface area contributed by atoms with Crippen molar-refractivity contribution >= 4 is 23.2 Å². The third-order valence-electron chi connectivity index (χ3n) is 2.80. The molecule has 2 nitrogen and oxygen atoms in total. The first kappa shape index (κ1) is 15.6. The molecule has 0 radical (unpaired) electrons. The zero-order chi connectivity index (χ0) is 13.4. The highest BCUT2D eigenvalue weighted by Gasteiger charge is 2.04. The molecule has 0 saturated heterocycles. The van der Waals surface area contributed by atoms with E-state index in [-0.39, 0.29) is 6.04 Å². The Morgan fingerprint density at radius 3 is 2.61 bits per heavy atom. The molecule has 1 aromatic carbocycles. The van der Waals surface area contributed by atoms with E-state index in [2.05, 4.69) is 6.92 Å². The van der Waals surface area contributed by atoms with Crippen LogP contribution in [0.25, 0.3) is 0 Å². The maximum atomic E-state index is 6.01. The summed E-state index contributed by atoms with van der Waals surface area (Å²) in [6, 6.07) is 5.54. The molecule has 0 saturated carbocycles. The van der Waals surface area contributed by atoms with Crippen LogP contribution in [0.15, 0.2) is 18.2 Å². The molecule has 0 aromatic heterocycles. The molecule has 0 bridgehead atoms. The van der Waals surface area contributed by atoms with E-state index in [1.165, 1.54) is 12.8 Å². The van der Waals surface area contributed by atoms with E-state index >= 15 is 0 Å². The molecule has 1 unspecified atom stereocenters. The van der Waals surface area contributed by atoms with Crippen molar-refractivity contribution in [1.82, 2.24) is 0 Å². The Morgan fingerprint density at radius 1 is 1.22 bits per heavy atom. The molecule has 0 spiro atoms. The van der Waals surface area contributed by atoms with Gasteiger partial charge in [0.1, 0.15) is 5.75 Å². The average molecular weight is 290 g/mol. The number of unbranched alkanes of at least 4 members (excludes halogenated alkanes) is 1. The molecule has 4 heteroatoms. The van der Waals surface area contributed by atoms with Crippen molar-refractivity contribution in [2.75, 3.05) is 6.61 Å². The molecule has 1 atom stereocenters. The summed E-state index contributed by atoms with van der Waals surface area (Å²) >= 11 is 11.8. The Kier molecular flexibility index (Phi) is 7.48. The van der Waals surface area contributed by atoms with Crippen LogP contribution >= 0.6 is 23.2 Å². The van der Waals surface area contributed by atoms with Crippen molar-refractivity contribution in [3.63, 3.8) is 0 Å². The highest BCUT2D eigenvalue weighted by molar-refractivity contribution is 6.35. The van der Waals surface area contributed by atoms with Gasteiger partial charge in [0.2, 0.25) is 0 Å². The van der Waals surface area contributed by atoms with Gasteiger partial charge in [-0.25, -0.2) is 0 Å². The van der Waals surface area contributed by atoms with Gasteiger partial charge in [0, 0.05) is 11.1 Å². The number of ether oxygens (including phenoxy) is 1.